The summed E-state index contributed by atoms with van der Waals surface area (Å²) in [7, 11) is 0. The monoisotopic (exact) mass is 405 g/mol. The van der Waals surface area contributed by atoms with Crippen LogP contribution in [0.4, 0.5) is 11.4 Å². The standard InChI is InChI=1S/C22H23N5O3/c1-12-8-9-16(10-14(12)3)27-21(29)19-20(22(27)30)26(25-24-19)11-18(28)23-17-7-5-6-13(2)15(17)4/h5-10,19-20H,11H2,1-4H3,(H,23,28)/t19-,20+/m0/s1. The van der Waals surface area contributed by atoms with E-state index < -0.39 is 23.9 Å². The minimum absolute atomic E-state index is 0.169. The number of nitrogens with zero attached hydrogens (tertiary/aromatic N) is 4. The molecule has 1 N–H and O–H groups in total. The third-order valence-corrected chi connectivity index (χ3v) is 5.79. The summed E-state index contributed by atoms with van der Waals surface area (Å²) in [5, 5.41) is 12.1. The van der Waals surface area contributed by atoms with Crippen molar-refractivity contribution in [2.75, 3.05) is 16.8 Å². The summed E-state index contributed by atoms with van der Waals surface area (Å²) < 4.78 is 0. The van der Waals surface area contributed by atoms with Crippen molar-refractivity contribution in [3.05, 3.63) is 58.7 Å². The first-order chi connectivity index (χ1) is 14.3. The Bertz CT molecular complexity index is 1090. The Labute approximate surface area is 174 Å². The number of carbonyl (C=O) groups excluding carboxylic acids is 3. The molecule has 30 heavy (non-hydrogen) atoms. The molecule has 0 aliphatic carbocycles. The average Bonchev–Trinajstić information content (AvgIpc) is 3.21. The normalized spacial score (nSPS) is 20.1. The van der Waals surface area contributed by atoms with Gasteiger partial charge in [0.05, 0.1) is 5.69 Å². The van der Waals surface area contributed by atoms with E-state index in [2.05, 4.69) is 15.7 Å². The van der Waals surface area contributed by atoms with E-state index in [0.29, 0.717) is 11.4 Å². The van der Waals surface area contributed by atoms with Gasteiger partial charge >= 0.3 is 0 Å². The molecule has 0 aromatic heterocycles. The van der Waals surface area contributed by atoms with Crippen LogP contribution in [0.2, 0.25) is 0 Å². The molecule has 2 aromatic rings. The molecule has 0 bridgehead atoms. The molecule has 4 rings (SSSR count). The number of nitrogens with one attached hydrogen (secondary N) is 1. The molecular weight excluding hydrogens is 382 g/mol. The molecule has 8 nitrogen and oxygen atoms in total. The van der Waals surface area contributed by atoms with E-state index in [0.717, 1.165) is 27.2 Å². The Hall–Kier alpha value is -3.55. The van der Waals surface area contributed by atoms with Gasteiger partial charge in [0.25, 0.3) is 11.8 Å². The number of amides is 3. The van der Waals surface area contributed by atoms with E-state index in [1.54, 1.807) is 12.1 Å². The summed E-state index contributed by atoms with van der Waals surface area (Å²) in [6.07, 6.45) is 0. The zero-order chi connectivity index (χ0) is 21.6. The Balaban J connectivity index is 1.51. The molecule has 0 radical (unpaired) electrons. The number of benzene rings is 2. The second-order valence-corrected chi connectivity index (χ2v) is 7.77. The number of carbonyl (C=O) groups is 3. The van der Waals surface area contributed by atoms with Crippen LogP contribution in [0.15, 0.2) is 46.7 Å². The number of anilines is 2. The fourth-order valence-corrected chi connectivity index (χ4v) is 3.70. The highest BCUT2D eigenvalue weighted by molar-refractivity contribution is 6.25. The zero-order valence-corrected chi connectivity index (χ0v) is 17.3. The first kappa shape index (κ1) is 19.8. The molecule has 8 heteroatoms. The highest BCUT2D eigenvalue weighted by Gasteiger charge is 2.55. The molecule has 1 fully saturated rings. The SMILES string of the molecule is Cc1ccc(N2C(=O)[C@H]3N=NN(CC(=O)Nc4cccc(C)c4C)[C@H]3C2=O)cc1C. The fraction of sp³-hybridized carbons (Fsp3) is 0.318. The first-order valence-corrected chi connectivity index (χ1v) is 9.76. The van der Waals surface area contributed by atoms with E-state index in [4.69, 9.17) is 0 Å². The van der Waals surface area contributed by atoms with Crippen LogP contribution < -0.4 is 10.2 Å². The minimum Gasteiger partial charge on any atom is -0.324 e. The molecular formula is C22H23N5O3. The maximum Gasteiger partial charge on any atom is 0.263 e. The van der Waals surface area contributed by atoms with Crippen molar-refractivity contribution in [2.24, 2.45) is 10.3 Å². The molecule has 154 valence electrons. The summed E-state index contributed by atoms with van der Waals surface area (Å²) >= 11 is 0. The van der Waals surface area contributed by atoms with E-state index in [1.807, 2.05) is 52.0 Å². The van der Waals surface area contributed by atoms with E-state index in [1.165, 1.54) is 5.01 Å². The Morgan fingerprint density at radius 1 is 1.00 bits per heavy atom. The van der Waals surface area contributed by atoms with Crippen molar-refractivity contribution in [1.29, 1.82) is 0 Å². The van der Waals surface area contributed by atoms with Gasteiger partial charge in [-0.25, -0.2) is 4.90 Å². The Morgan fingerprint density at radius 2 is 1.77 bits per heavy atom. The summed E-state index contributed by atoms with van der Waals surface area (Å²) in [4.78, 5) is 39.6. The van der Waals surface area contributed by atoms with Gasteiger partial charge in [-0.1, -0.05) is 23.4 Å². The molecule has 2 aliphatic rings. The van der Waals surface area contributed by atoms with Gasteiger partial charge in [0.15, 0.2) is 12.1 Å². The molecule has 2 heterocycles. The molecule has 2 atom stereocenters. The van der Waals surface area contributed by atoms with Crippen LogP contribution in [0.25, 0.3) is 0 Å². The molecule has 0 spiro atoms. The topological polar surface area (TPSA) is 94.4 Å². The highest BCUT2D eigenvalue weighted by atomic mass is 16.2. The summed E-state index contributed by atoms with van der Waals surface area (Å²) in [5.74, 6) is -1.17. The van der Waals surface area contributed by atoms with E-state index in [9.17, 15) is 14.4 Å². The van der Waals surface area contributed by atoms with Crippen molar-refractivity contribution >= 4 is 29.1 Å². The lowest BCUT2D eigenvalue weighted by Gasteiger charge is -2.21. The van der Waals surface area contributed by atoms with Crippen LogP contribution in [-0.2, 0) is 14.4 Å². The van der Waals surface area contributed by atoms with Crippen molar-refractivity contribution in [2.45, 2.75) is 39.8 Å². The maximum atomic E-state index is 13.1. The van der Waals surface area contributed by atoms with Crippen LogP contribution in [0.5, 0.6) is 0 Å². The second kappa shape index (κ2) is 7.37. The third kappa shape index (κ3) is 3.24. The van der Waals surface area contributed by atoms with Crippen molar-refractivity contribution in [3.8, 4) is 0 Å². The zero-order valence-electron chi connectivity index (χ0n) is 17.3. The summed E-state index contributed by atoms with van der Waals surface area (Å²) in [6, 6.07) is 9.25. The second-order valence-electron chi connectivity index (χ2n) is 7.77. The third-order valence-electron chi connectivity index (χ3n) is 5.79. The van der Waals surface area contributed by atoms with Gasteiger partial charge in [-0.3, -0.25) is 19.4 Å². The molecule has 3 amide bonds. The molecule has 2 aromatic carbocycles. The van der Waals surface area contributed by atoms with Crippen LogP contribution in [-0.4, -0.2) is 41.4 Å². The van der Waals surface area contributed by atoms with Gasteiger partial charge in [0.2, 0.25) is 5.91 Å². The number of hydrogen-bond acceptors (Lipinski definition) is 6. The lowest BCUT2D eigenvalue weighted by Crippen LogP contribution is -2.43. The predicted octanol–water partition coefficient (Wildman–Crippen LogP) is 2.85. The number of aryl methyl sites for hydroxylation is 3. The molecule has 1 saturated heterocycles. The largest absolute Gasteiger partial charge is 0.324 e. The van der Waals surface area contributed by atoms with Gasteiger partial charge in [0.1, 0.15) is 6.54 Å². The van der Waals surface area contributed by atoms with E-state index >= 15 is 0 Å². The quantitative estimate of drug-likeness (QED) is 0.792. The van der Waals surface area contributed by atoms with Crippen LogP contribution in [0.1, 0.15) is 22.3 Å². The number of rotatable bonds is 4. The highest BCUT2D eigenvalue weighted by Crippen LogP contribution is 2.32. The fourth-order valence-electron chi connectivity index (χ4n) is 3.70. The minimum atomic E-state index is -0.924. The first-order valence-electron chi connectivity index (χ1n) is 9.76. The van der Waals surface area contributed by atoms with Crippen LogP contribution >= 0.6 is 0 Å². The number of imide groups is 1. The van der Waals surface area contributed by atoms with Gasteiger partial charge in [0, 0.05) is 5.69 Å². The van der Waals surface area contributed by atoms with Crippen LogP contribution in [0.3, 0.4) is 0 Å². The summed E-state index contributed by atoms with van der Waals surface area (Å²) in [6.45, 7) is 7.61. The smallest absolute Gasteiger partial charge is 0.263 e. The molecule has 2 aliphatic heterocycles. The summed E-state index contributed by atoms with van der Waals surface area (Å²) in [5.41, 5.74) is 5.31. The van der Waals surface area contributed by atoms with Crippen molar-refractivity contribution in [1.82, 2.24) is 5.01 Å². The van der Waals surface area contributed by atoms with Gasteiger partial charge in [-0.15, -0.1) is 0 Å². The Kier molecular flexibility index (Phi) is 4.85. The van der Waals surface area contributed by atoms with Gasteiger partial charge in [-0.2, -0.15) is 5.11 Å². The molecule has 0 saturated carbocycles. The van der Waals surface area contributed by atoms with Crippen LogP contribution in [0, 0.1) is 27.7 Å². The average molecular weight is 405 g/mol. The lowest BCUT2D eigenvalue weighted by atomic mass is 10.1. The van der Waals surface area contributed by atoms with Gasteiger partial charge in [-0.05, 0) is 68.1 Å². The van der Waals surface area contributed by atoms with Gasteiger partial charge < -0.3 is 5.32 Å². The lowest BCUT2D eigenvalue weighted by molar-refractivity contribution is -0.123. The van der Waals surface area contributed by atoms with Crippen molar-refractivity contribution in [3.63, 3.8) is 0 Å². The predicted molar refractivity (Wildman–Crippen MR) is 112 cm³/mol. The number of hydrogen-bond donors (Lipinski definition) is 1. The molecule has 0 unspecified atom stereocenters. The maximum absolute atomic E-state index is 13.1. The number of fused-ring (bicyclic) bond motifs is 1. The van der Waals surface area contributed by atoms with Crippen molar-refractivity contribution < 1.29 is 14.4 Å². The Morgan fingerprint density at radius 3 is 2.50 bits per heavy atom. The van der Waals surface area contributed by atoms with E-state index in [-0.39, 0.29) is 12.5 Å².